The van der Waals surface area contributed by atoms with E-state index in [-0.39, 0.29) is 5.91 Å². The van der Waals surface area contributed by atoms with E-state index in [0.717, 1.165) is 48.4 Å². The maximum absolute atomic E-state index is 13.0. The van der Waals surface area contributed by atoms with Gasteiger partial charge in [0.1, 0.15) is 11.6 Å². The lowest BCUT2D eigenvalue weighted by molar-refractivity contribution is -0.126. The molecule has 2 N–H and O–H groups in total. The standard InChI is InChI=1S/C21H27N3O2/c1-16-6-5-13-22-19(16)23-14-15-24-20(25)21(11-3-4-12-21)17-7-9-18(26-2)10-8-17/h5-10,13H,3-4,11-12,14-15H2,1-2H3,(H,22,23)(H,24,25). The summed E-state index contributed by atoms with van der Waals surface area (Å²) in [6.07, 6.45) is 5.75. The number of nitrogens with zero attached hydrogens (tertiary/aromatic N) is 1. The van der Waals surface area contributed by atoms with E-state index in [2.05, 4.69) is 15.6 Å². The second-order valence-electron chi connectivity index (χ2n) is 6.87. The second-order valence-corrected chi connectivity index (χ2v) is 6.87. The molecule has 2 aromatic rings. The molecule has 1 heterocycles. The smallest absolute Gasteiger partial charge is 0.230 e. The summed E-state index contributed by atoms with van der Waals surface area (Å²) in [5.41, 5.74) is 1.78. The molecule has 0 bridgehead atoms. The van der Waals surface area contributed by atoms with Gasteiger partial charge >= 0.3 is 0 Å². The van der Waals surface area contributed by atoms with Crippen molar-refractivity contribution in [3.05, 3.63) is 53.7 Å². The van der Waals surface area contributed by atoms with Crippen LogP contribution < -0.4 is 15.4 Å². The molecule has 0 unspecified atom stereocenters. The average molecular weight is 353 g/mol. The lowest BCUT2D eigenvalue weighted by atomic mass is 9.78. The first-order chi connectivity index (χ1) is 12.7. The summed E-state index contributed by atoms with van der Waals surface area (Å²) in [5.74, 6) is 1.81. The van der Waals surface area contributed by atoms with Gasteiger partial charge in [-0.25, -0.2) is 4.98 Å². The molecule has 1 aliphatic rings. The van der Waals surface area contributed by atoms with Gasteiger partial charge in [0, 0.05) is 19.3 Å². The van der Waals surface area contributed by atoms with Crippen LogP contribution in [0.4, 0.5) is 5.82 Å². The molecule has 1 aliphatic carbocycles. The van der Waals surface area contributed by atoms with Crippen LogP contribution in [0.25, 0.3) is 0 Å². The van der Waals surface area contributed by atoms with Crippen LogP contribution in [0.1, 0.15) is 36.8 Å². The van der Waals surface area contributed by atoms with Crippen LogP contribution in [-0.4, -0.2) is 31.1 Å². The van der Waals surface area contributed by atoms with Crippen molar-refractivity contribution in [3.63, 3.8) is 0 Å². The topological polar surface area (TPSA) is 63.2 Å². The van der Waals surface area contributed by atoms with Crippen molar-refractivity contribution in [2.75, 3.05) is 25.5 Å². The Kier molecular flexibility index (Phi) is 5.76. The van der Waals surface area contributed by atoms with E-state index in [1.165, 1.54) is 0 Å². The van der Waals surface area contributed by atoms with Crippen LogP contribution in [0.2, 0.25) is 0 Å². The number of ether oxygens (including phenoxy) is 1. The molecule has 26 heavy (non-hydrogen) atoms. The Labute approximate surface area is 155 Å². The molecule has 1 aromatic carbocycles. The highest BCUT2D eigenvalue weighted by Gasteiger charge is 2.42. The lowest BCUT2D eigenvalue weighted by Gasteiger charge is -2.28. The van der Waals surface area contributed by atoms with Crippen LogP contribution >= 0.6 is 0 Å². The third-order valence-electron chi connectivity index (χ3n) is 5.25. The number of pyridine rings is 1. The lowest BCUT2D eigenvalue weighted by Crippen LogP contribution is -2.44. The molecule has 0 radical (unpaired) electrons. The Morgan fingerprint density at radius 2 is 1.88 bits per heavy atom. The number of hydrogen-bond donors (Lipinski definition) is 2. The van der Waals surface area contributed by atoms with Gasteiger partial charge in [-0.15, -0.1) is 0 Å². The molecule has 1 amide bonds. The van der Waals surface area contributed by atoms with E-state index in [1.807, 2.05) is 43.3 Å². The fourth-order valence-corrected chi connectivity index (χ4v) is 3.73. The highest BCUT2D eigenvalue weighted by atomic mass is 16.5. The summed E-state index contributed by atoms with van der Waals surface area (Å²) in [7, 11) is 1.66. The van der Waals surface area contributed by atoms with Gasteiger partial charge in [-0.1, -0.05) is 31.0 Å². The van der Waals surface area contributed by atoms with Crippen molar-refractivity contribution in [3.8, 4) is 5.75 Å². The van der Waals surface area contributed by atoms with E-state index in [4.69, 9.17) is 4.74 Å². The van der Waals surface area contributed by atoms with Crippen molar-refractivity contribution in [2.24, 2.45) is 0 Å². The Balaban J connectivity index is 1.61. The molecule has 3 rings (SSSR count). The van der Waals surface area contributed by atoms with Crippen molar-refractivity contribution >= 4 is 11.7 Å². The highest BCUT2D eigenvalue weighted by molar-refractivity contribution is 5.88. The number of aryl methyl sites for hydroxylation is 1. The Bertz CT molecular complexity index is 737. The fraction of sp³-hybridized carbons (Fsp3) is 0.429. The van der Waals surface area contributed by atoms with Crippen LogP contribution in [0.3, 0.4) is 0 Å². The van der Waals surface area contributed by atoms with Gasteiger partial charge in [-0.2, -0.15) is 0 Å². The molecule has 0 saturated heterocycles. The molecular formula is C21H27N3O2. The second kappa shape index (κ2) is 8.21. The Morgan fingerprint density at radius 3 is 2.54 bits per heavy atom. The summed E-state index contributed by atoms with van der Waals surface area (Å²) in [6, 6.07) is 11.9. The first-order valence-electron chi connectivity index (χ1n) is 9.24. The maximum Gasteiger partial charge on any atom is 0.230 e. The molecule has 1 saturated carbocycles. The monoisotopic (exact) mass is 353 g/mol. The number of carbonyl (C=O) groups excluding carboxylic acids is 1. The quantitative estimate of drug-likeness (QED) is 0.749. The Hall–Kier alpha value is -2.56. The maximum atomic E-state index is 13.0. The van der Waals surface area contributed by atoms with E-state index in [0.29, 0.717) is 13.1 Å². The van der Waals surface area contributed by atoms with E-state index < -0.39 is 5.41 Å². The number of anilines is 1. The average Bonchev–Trinajstić information content (AvgIpc) is 3.17. The minimum Gasteiger partial charge on any atom is -0.497 e. The number of aromatic nitrogens is 1. The number of carbonyl (C=O) groups is 1. The number of benzene rings is 1. The van der Waals surface area contributed by atoms with E-state index in [1.54, 1.807) is 13.3 Å². The van der Waals surface area contributed by atoms with Gasteiger partial charge in [0.2, 0.25) is 5.91 Å². The largest absolute Gasteiger partial charge is 0.497 e. The third kappa shape index (κ3) is 3.82. The Morgan fingerprint density at radius 1 is 1.15 bits per heavy atom. The molecule has 1 fully saturated rings. The number of methoxy groups -OCH3 is 1. The molecule has 0 aliphatic heterocycles. The number of nitrogens with one attached hydrogen (secondary N) is 2. The number of rotatable bonds is 7. The summed E-state index contributed by atoms with van der Waals surface area (Å²) in [4.78, 5) is 17.3. The summed E-state index contributed by atoms with van der Waals surface area (Å²) in [5, 5.41) is 6.41. The van der Waals surface area contributed by atoms with Crippen molar-refractivity contribution in [2.45, 2.75) is 38.0 Å². The van der Waals surface area contributed by atoms with Gasteiger partial charge in [0.05, 0.1) is 12.5 Å². The fourth-order valence-electron chi connectivity index (χ4n) is 3.73. The molecule has 138 valence electrons. The van der Waals surface area contributed by atoms with E-state index in [9.17, 15) is 4.79 Å². The predicted molar refractivity (Wildman–Crippen MR) is 104 cm³/mol. The van der Waals surface area contributed by atoms with Crippen molar-refractivity contribution < 1.29 is 9.53 Å². The summed E-state index contributed by atoms with van der Waals surface area (Å²) in [6.45, 7) is 3.25. The minimum absolute atomic E-state index is 0.125. The minimum atomic E-state index is -0.410. The first-order valence-corrected chi connectivity index (χ1v) is 9.24. The first kappa shape index (κ1) is 18.2. The molecular weight excluding hydrogens is 326 g/mol. The van der Waals surface area contributed by atoms with Gasteiger partial charge in [-0.3, -0.25) is 4.79 Å². The van der Waals surface area contributed by atoms with Crippen molar-refractivity contribution in [1.82, 2.24) is 10.3 Å². The van der Waals surface area contributed by atoms with Crippen LogP contribution in [0.5, 0.6) is 5.75 Å². The summed E-state index contributed by atoms with van der Waals surface area (Å²) >= 11 is 0. The van der Waals surface area contributed by atoms with Crippen LogP contribution in [0, 0.1) is 6.92 Å². The van der Waals surface area contributed by atoms with Gasteiger partial charge in [0.25, 0.3) is 0 Å². The number of hydrogen-bond acceptors (Lipinski definition) is 4. The summed E-state index contributed by atoms with van der Waals surface area (Å²) < 4.78 is 5.24. The number of amides is 1. The van der Waals surface area contributed by atoms with Gasteiger partial charge in [-0.05, 0) is 49.1 Å². The van der Waals surface area contributed by atoms with Crippen LogP contribution in [0.15, 0.2) is 42.6 Å². The van der Waals surface area contributed by atoms with Gasteiger partial charge in [0.15, 0.2) is 0 Å². The molecule has 5 heteroatoms. The molecule has 0 atom stereocenters. The third-order valence-corrected chi connectivity index (χ3v) is 5.25. The van der Waals surface area contributed by atoms with Crippen LogP contribution in [-0.2, 0) is 10.2 Å². The molecule has 1 aromatic heterocycles. The van der Waals surface area contributed by atoms with Gasteiger partial charge < -0.3 is 15.4 Å². The molecule has 0 spiro atoms. The normalized spacial score (nSPS) is 15.5. The zero-order valence-electron chi connectivity index (χ0n) is 15.5. The van der Waals surface area contributed by atoms with Crippen molar-refractivity contribution in [1.29, 1.82) is 0 Å². The SMILES string of the molecule is COc1ccc(C2(C(=O)NCCNc3ncccc3C)CCCC2)cc1. The predicted octanol–water partition coefficient (Wildman–Crippen LogP) is 3.44. The zero-order chi connectivity index (χ0) is 18.4. The van der Waals surface area contributed by atoms with E-state index >= 15 is 0 Å². The molecule has 5 nitrogen and oxygen atoms in total. The highest BCUT2D eigenvalue weighted by Crippen LogP contribution is 2.41. The zero-order valence-corrected chi connectivity index (χ0v) is 15.5.